The Morgan fingerprint density at radius 3 is 1.26 bits per heavy atom. The van der Waals surface area contributed by atoms with Gasteiger partial charge in [0.2, 0.25) is 0 Å². The fraction of sp³-hybridized carbons (Fsp3) is 0.483. The molecule has 0 radical (unpaired) electrons. The Bertz CT molecular complexity index is 3050. The first-order valence-corrected chi connectivity index (χ1v) is 38.5. The highest BCUT2D eigenvalue weighted by Gasteiger charge is 2.30. The van der Waals surface area contributed by atoms with E-state index in [-0.39, 0.29) is 0 Å². The average Bonchev–Trinajstić information content (AvgIpc) is 1.67. The molecule has 2 fully saturated rings. The van der Waals surface area contributed by atoms with Crippen molar-refractivity contribution in [3.63, 3.8) is 0 Å². The molecule has 0 saturated carbocycles. The molecule has 2 aliphatic heterocycles. The number of para-hydroxylation sites is 1. The molecule has 0 bridgehead atoms. The van der Waals surface area contributed by atoms with Crippen molar-refractivity contribution in [1.82, 2.24) is 72.6 Å². The number of aromatic nitrogens is 3. The van der Waals surface area contributed by atoms with E-state index in [0.29, 0.717) is 12.1 Å². The molecule has 8 aromatic rings. The van der Waals surface area contributed by atoms with Gasteiger partial charge in [-0.05, 0) is 212 Å². The van der Waals surface area contributed by atoms with E-state index in [1.807, 2.05) is 81.2 Å². The summed E-state index contributed by atoms with van der Waals surface area (Å²) in [6.07, 6.45) is 7.70. The lowest BCUT2D eigenvalue weighted by Gasteiger charge is -2.25. The van der Waals surface area contributed by atoms with Crippen LogP contribution in [0.1, 0.15) is 155 Å². The second-order valence-corrected chi connectivity index (χ2v) is 25.1. The van der Waals surface area contributed by atoms with Crippen molar-refractivity contribution >= 4 is 5.69 Å². The van der Waals surface area contributed by atoms with Gasteiger partial charge in [-0.25, -0.2) is 0 Å². The predicted molar refractivity (Wildman–Crippen MR) is 444 cm³/mol. The van der Waals surface area contributed by atoms with Crippen molar-refractivity contribution in [1.29, 1.82) is 0 Å². The first-order chi connectivity index (χ1) is 51.0. The van der Waals surface area contributed by atoms with Crippen molar-refractivity contribution in [2.24, 2.45) is 0 Å². The molecule has 3 aromatic heterocycles. The topological polar surface area (TPSA) is 165 Å². The Kier molecular flexibility index (Phi) is 59.3. The number of alkyl halides is 3. The average molecular weight is 1450 g/mol. The smallest absolute Gasteiger partial charge is 0.388 e. The number of aryl methyl sites for hydroxylation is 4. The molecule has 0 amide bonds. The molecule has 10 rings (SSSR count). The number of halogens is 3. The van der Waals surface area contributed by atoms with Gasteiger partial charge in [0.25, 0.3) is 0 Å². The highest BCUT2D eigenvalue weighted by molar-refractivity contribution is 5.50. The molecule has 2 saturated heterocycles. The third kappa shape index (κ3) is 51.6. The Hall–Kier alpha value is -7.30. The van der Waals surface area contributed by atoms with Gasteiger partial charge in [-0.1, -0.05) is 196 Å². The second-order valence-electron chi connectivity index (χ2n) is 25.1. The number of pyridine rings is 3. The van der Waals surface area contributed by atoms with Crippen LogP contribution in [0.15, 0.2) is 189 Å². The zero-order chi connectivity index (χ0) is 77.2. The summed E-state index contributed by atoms with van der Waals surface area (Å²) in [6, 6.07) is 51.5. The van der Waals surface area contributed by atoms with Gasteiger partial charge in [0.05, 0.1) is 11.3 Å². The minimum atomic E-state index is -4.25. The van der Waals surface area contributed by atoms with Crippen molar-refractivity contribution in [2.75, 3.05) is 117 Å². The van der Waals surface area contributed by atoms with Crippen LogP contribution in [0, 0.1) is 27.7 Å². The van der Waals surface area contributed by atoms with Gasteiger partial charge in [-0.15, -0.1) is 0 Å². The fourth-order valence-electron chi connectivity index (χ4n) is 9.86. The maximum absolute atomic E-state index is 12.3. The van der Waals surface area contributed by atoms with Crippen molar-refractivity contribution in [2.45, 2.75) is 168 Å². The van der Waals surface area contributed by atoms with Crippen LogP contribution in [0.4, 0.5) is 18.9 Å². The third-order valence-electron chi connectivity index (χ3n) is 16.5. The number of piperazine rings is 1. The molecular weight excluding hydrogens is 1310 g/mol. The maximum Gasteiger partial charge on any atom is 0.416 e. The lowest BCUT2D eigenvalue weighted by Crippen LogP contribution is -2.43. The number of rotatable bonds is 27. The minimum absolute atomic E-state index is 0.473. The molecule has 10 N–H and O–H groups in total. The molecule has 18 heteroatoms. The first kappa shape index (κ1) is 95.7. The highest BCUT2D eigenvalue weighted by Crippen LogP contribution is 2.29. The van der Waals surface area contributed by atoms with Crippen LogP contribution in [0.2, 0.25) is 0 Å². The van der Waals surface area contributed by atoms with Crippen molar-refractivity contribution in [3.8, 4) is 0 Å². The quantitative estimate of drug-likeness (QED) is 0.0236. The zero-order valence-corrected chi connectivity index (χ0v) is 67.2. The van der Waals surface area contributed by atoms with Crippen LogP contribution in [0.5, 0.6) is 0 Å². The number of hydrogen-bond donors (Lipinski definition) is 10. The fourth-order valence-corrected chi connectivity index (χ4v) is 9.86. The molecule has 0 unspecified atom stereocenters. The molecule has 15 nitrogen and oxygen atoms in total. The minimum Gasteiger partial charge on any atom is -0.388 e. The van der Waals surface area contributed by atoms with Crippen molar-refractivity contribution < 1.29 is 13.2 Å². The van der Waals surface area contributed by atoms with Crippen LogP contribution in [0.25, 0.3) is 0 Å². The van der Waals surface area contributed by atoms with Gasteiger partial charge < -0.3 is 63.0 Å². The van der Waals surface area contributed by atoms with E-state index >= 15 is 0 Å². The summed E-state index contributed by atoms with van der Waals surface area (Å²) in [7, 11) is 1.95. The van der Waals surface area contributed by atoms with Crippen LogP contribution in [0.3, 0.4) is 0 Å². The zero-order valence-electron chi connectivity index (χ0n) is 67.2. The van der Waals surface area contributed by atoms with Crippen LogP contribution in [-0.2, 0) is 58.5 Å². The van der Waals surface area contributed by atoms with E-state index in [1.165, 1.54) is 139 Å². The molecule has 2 aliphatic rings. The van der Waals surface area contributed by atoms with Gasteiger partial charge in [0.1, 0.15) is 0 Å². The Labute approximate surface area is 634 Å². The number of anilines is 1. The predicted octanol–water partition coefficient (Wildman–Crippen LogP) is 15.9. The molecule has 0 aliphatic carbocycles. The maximum atomic E-state index is 12.3. The second kappa shape index (κ2) is 65.0. The van der Waals surface area contributed by atoms with Crippen LogP contribution in [-0.4, -0.2) is 137 Å². The first-order valence-electron chi connectivity index (χ1n) is 38.5. The van der Waals surface area contributed by atoms with Gasteiger partial charge in [-0.2, -0.15) is 13.2 Å². The number of likely N-dealkylation sites (tertiary alicyclic amines) is 1. The van der Waals surface area contributed by atoms with E-state index in [1.54, 1.807) is 12.3 Å². The van der Waals surface area contributed by atoms with E-state index in [2.05, 4.69) is 259 Å². The molecule has 5 heterocycles. The van der Waals surface area contributed by atoms with Gasteiger partial charge in [-0.3, -0.25) is 15.0 Å². The molecule has 5 aromatic carbocycles. The molecule has 582 valence electrons. The number of benzene rings is 5. The van der Waals surface area contributed by atoms with Crippen LogP contribution >= 0.6 is 0 Å². The highest BCUT2D eigenvalue weighted by atomic mass is 19.4. The normalized spacial score (nSPS) is 12.1. The lowest BCUT2D eigenvalue weighted by molar-refractivity contribution is -0.137. The van der Waals surface area contributed by atoms with Gasteiger partial charge >= 0.3 is 6.18 Å². The van der Waals surface area contributed by atoms with Crippen LogP contribution < -0.4 is 53.2 Å². The summed E-state index contributed by atoms with van der Waals surface area (Å²) in [4.78, 5) is 17.0. The van der Waals surface area contributed by atoms with Gasteiger partial charge in [0, 0.05) is 122 Å². The van der Waals surface area contributed by atoms with Gasteiger partial charge in [0.15, 0.2) is 0 Å². The van der Waals surface area contributed by atoms with E-state index in [0.717, 1.165) is 110 Å². The summed E-state index contributed by atoms with van der Waals surface area (Å²) in [5, 5.41) is 32.3. The number of hydrogen-bond acceptors (Lipinski definition) is 15. The number of nitrogens with zero attached hydrogens (tertiary/aromatic N) is 5. The van der Waals surface area contributed by atoms with Crippen molar-refractivity contribution in [3.05, 3.63) is 261 Å². The third-order valence-corrected chi connectivity index (χ3v) is 16.5. The summed E-state index contributed by atoms with van der Waals surface area (Å²) >= 11 is 0. The summed E-state index contributed by atoms with van der Waals surface area (Å²) in [5.74, 6) is 0. The molecule has 0 atom stereocenters. The largest absolute Gasteiger partial charge is 0.416 e. The Balaban J connectivity index is 0.000000586. The lowest BCUT2D eigenvalue weighted by atomic mass is 10.1. The molecule has 105 heavy (non-hydrogen) atoms. The monoisotopic (exact) mass is 1450 g/mol. The SMILES string of the molecule is CCN1CCCC1.CCN1CCNCC1.CCNCc1ccc(C)c(C)c1.CCNCc1ccc(C)cc1.CCNCc1ccc(C)cc1.CCNCc1cccc(C(F)(F)F)c1.CCNCc1ccccc1NC.CCNCc1ccccn1.CCNCc1cccnc1.CCNCc1ccncc1. The Morgan fingerprint density at radius 2 is 0.819 bits per heavy atom. The summed E-state index contributed by atoms with van der Waals surface area (Å²) in [6.45, 7) is 54.6. The Morgan fingerprint density at radius 1 is 0.381 bits per heavy atom. The van der Waals surface area contributed by atoms with E-state index < -0.39 is 11.7 Å². The number of likely N-dealkylation sites (N-methyl/N-ethyl adjacent to an activating group) is 1. The number of nitrogens with one attached hydrogen (secondary N) is 10. The molecular formula is C87H138F3N15. The molecule has 0 spiro atoms. The van der Waals surface area contributed by atoms with E-state index in [9.17, 15) is 13.2 Å². The summed E-state index contributed by atoms with van der Waals surface area (Å²) < 4.78 is 36.8. The standard InChI is InChI=1S/C11H17N.C10H12F3N.C10H16N2.2C10H15N.3C8H12N2.C6H14N2.C6H13N/c1-4-12-8-11-6-5-9(2)10(3)7-11;1-2-14-7-8-4-3-5-9(6-8)10(11,12)13;1-3-12-8-9-6-4-5-7-10(9)11-2;2*1-3-11-8-10-6-4-9(2)5-7-10;1-2-9-7-8-3-5-10-6-4-8;1-2-9-6-8-4-3-5-10-7-8;1-2-9-7-8-5-3-4-6-10-8;1-2-8-5-3-7-4-6-8;1-2-7-5-3-4-6-7/h5-7,12H,4,8H2,1-3H3;3-6,14H,2,7H2,1H3;4-7,11-12H,3,8H2,1-2H3;2*4-7,11H,3,8H2,1-2H3;3-6,9H,2,7H2,1H3;3-5,7,9H,2,6H2,1H3;3-6,9H,2,7H2,1H3;7H,2-6H2,1H3;2-6H2,1H3. The summed E-state index contributed by atoms with van der Waals surface area (Å²) in [5.41, 5.74) is 15.7. The van der Waals surface area contributed by atoms with E-state index in [4.69, 9.17) is 0 Å².